The van der Waals surface area contributed by atoms with Gasteiger partial charge in [0.1, 0.15) is 11.5 Å². The number of nitrogens with zero attached hydrogens (tertiary/aromatic N) is 1. The third-order valence-corrected chi connectivity index (χ3v) is 5.14. The van der Waals surface area contributed by atoms with Crippen LogP contribution < -0.4 is 14.2 Å². The molecule has 7 nitrogen and oxygen atoms in total. The van der Waals surface area contributed by atoms with Crippen molar-refractivity contribution in [3.63, 3.8) is 0 Å². The van der Waals surface area contributed by atoms with Crippen molar-refractivity contribution >= 4 is 17.4 Å². The first kappa shape index (κ1) is 19.8. The van der Waals surface area contributed by atoms with E-state index in [4.69, 9.17) is 14.2 Å². The highest BCUT2D eigenvalue weighted by Gasteiger charge is 2.45. The summed E-state index contributed by atoms with van der Waals surface area (Å²) in [5.74, 6) is 0.129. The smallest absolute Gasteiger partial charge is 0.295 e. The summed E-state index contributed by atoms with van der Waals surface area (Å²) < 4.78 is 16.3. The maximum Gasteiger partial charge on any atom is 0.295 e. The number of amides is 1. The summed E-state index contributed by atoms with van der Waals surface area (Å²) in [4.78, 5) is 27.2. The summed E-state index contributed by atoms with van der Waals surface area (Å²) in [6.45, 7) is 4.81. The molecule has 2 heterocycles. The van der Waals surface area contributed by atoms with Crippen molar-refractivity contribution in [1.82, 2.24) is 4.90 Å². The Balaban J connectivity index is 1.84. The number of aliphatic hydroxyl groups excluding tert-OH is 1. The molecule has 30 heavy (non-hydrogen) atoms. The lowest BCUT2D eigenvalue weighted by molar-refractivity contribution is -0.139. The zero-order valence-corrected chi connectivity index (χ0v) is 16.9. The molecular weight excluding hydrogens is 386 g/mol. The van der Waals surface area contributed by atoms with Crippen LogP contribution in [0.25, 0.3) is 5.76 Å². The zero-order chi connectivity index (χ0) is 21.3. The highest BCUT2D eigenvalue weighted by Crippen LogP contribution is 2.42. The van der Waals surface area contributed by atoms with Crippen molar-refractivity contribution in [1.29, 1.82) is 0 Å². The highest BCUT2D eigenvalue weighted by molar-refractivity contribution is 6.46. The standard InChI is InChI=1S/C23H23NO6/c1-3-10-24-20(14-6-5-7-16(11-14)28-4-2)19(22(26)23(24)27)21(25)15-8-9-17-18(12-15)30-13-29-17/h5-9,11-12,20,25H,3-4,10,13H2,1-2H3/b21-19-. The summed E-state index contributed by atoms with van der Waals surface area (Å²) in [5, 5.41) is 11.1. The normalized spacial score (nSPS) is 19.4. The van der Waals surface area contributed by atoms with Gasteiger partial charge in [0.25, 0.3) is 11.7 Å². The Hall–Kier alpha value is -3.48. The number of carbonyl (C=O) groups is 2. The van der Waals surface area contributed by atoms with E-state index in [0.29, 0.717) is 47.9 Å². The Morgan fingerprint density at radius 1 is 1.13 bits per heavy atom. The molecule has 2 aliphatic heterocycles. The molecule has 2 aromatic rings. The largest absolute Gasteiger partial charge is 0.507 e. The molecule has 0 saturated carbocycles. The number of carbonyl (C=O) groups excluding carboxylic acids is 2. The van der Waals surface area contributed by atoms with E-state index in [2.05, 4.69) is 0 Å². The van der Waals surface area contributed by atoms with Crippen LogP contribution in [0, 0.1) is 0 Å². The van der Waals surface area contributed by atoms with Gasteiger partial charge in [0.15, 0.2) is 11.5 Å². The van der Waals surface area contributed by atoms with E-state index in [9.17, 15) is 14.7 Å². The third-order valence-electron chi connectivity index (χ3n) is 5.14. The molecule has 2 aromatic carbocycles. The topological polar surface area (TPSA) is 85.3 Å². The summed E-state index contributed by atoms with van der Waals surface area (Å²) in [7, 11) is 0. The van der Waals surface area contributed by atoms with Gasteiger partial charge in [-0.15, -0.1) is 0 Å². The van der Waals surface area contributed by atoms with Gasteiger partial charge in [-0.25, -0.2) is 0 Å². The van der Waals surface area contributed by atoms with Gasteiger partial charge < -0.3 is 24.2 Å². The number of ether oxygens (including phenoxy) is 3. The van der Waals surface area contributed by atoms with Crippen LogP contribution in [0.1, 0.15) is 37.4 Å². The molecule has 0 radical (unpaired) electrons. The van der Waals surface area contributed by atoms with Gasteiger partial charge in [-0.3, -0.25) is 9.59 Å². The van der Waals surface area contributed by atoms with Crippen LogP contribution in [0.3, 0.4) is 0 Å². The van der Waals surface area contributed by atoms with Crippen LogP contribution in [0.4, 0.5) is 0 Å². The van der Waals surface area contributed by atoms with Crippen molar-refractivity contribution < 1.29 is 28.9 Å². The molecule has 1 saturated heterocycles. The number of hydrogen-bond acceptors (Lipinski definition) is 6. The van der Waals surface area contributed by atoms with Gasteiger partial charge in [-0.05, 0) is 49.2 Å². The summed E-state index contributed by atoms with van der Waals surface area (Å²) in [6, 6.07) is 11.5. The molecule has 1 atom stereocenters. The molecule has 2 aliphatic rings. The zero-order valence-electron chi connectivity index (χ0n) is 16.9. The van der Waals surface area contributed by atoms with Crippen LogP contribution in [-0.4, -0.2) is 41.6 Å². The highest BCUT2D eigenvalue weighted by atomic mass is 16.7. The quantitative estimate of drug-likeness (QED) is 0.445. The third kappa shape index (κ3) is 3.36. The van der Waals surface area contributed by atoms with E-state index >= 15 is 0 Å². The molecule has 7 heteroatoms. The molecule has 1 amide bonds. The van der Waals surface area contributed by atoms with Crippen LogP contribution in [0.5, 0.6) is 17.2 Å². The van der Waals surface area contributed by atoms with Crippen LogP contribution >= 0.6 is 0 Å². The van der Waals surface area contributed by atoms with E-state index in [-0.39, 0.29) is 18.1 Å². The van der Waals surface area contributed by atoms with Crippen molar-refractivity contribution in [2.75, 3.05) is 19.9 Å². The molecule has 0 aromatic heterocycles. The van der Waals surface area contributed by atoms with Crippen molar-refractivity contribution in [3.8, 4) is 17.2 Å². The first-order valence-electron chi connectivity index (χ1n) is 9.96. The molecular formula is C23H23NO6. The lowest BCUT2D eigenvalue weighted by Gasteiger charge is -2.25. The minimum Gasteiger partial charge on any atom is -0.507 e. The van der Waals surface area contributed by atoms with Crippen molar-refractivity contribution in [2.45, 2.75) is 26.3 Å². The minimum atomic E-state index is -0.703. The van der Waals surface area contributed by atoms with Gasteiger partial charge in [-0.1, -0.05) is 19.1 Å². The fourth-order valence-electron chi connectivity index (χ4n) is 3.84. The van der Waals surface area contributed by atoms with Crippen molar-refractivity contribution in [3.05, 3.63) is 59.2 Å². The molecule has 0 aliphatic carbocycles. The molecule has 0 spiro atoms. The maximum atomic E-state index is 12.9. The van der Waals surface area contributed by atoms with Gasteiger partial charge in [0.05, 0.1) is 18.2 Å². The second kappa shape index (κ2) is 8.10. The average molecular weight is 409 g/mol. The number of hydrogen-bond donors (Lipinski definition) is 1. The van der Waals surface area contributed by atoms with Gasteiger partial charge in [-0.2, -0.15) is 0 Å². The van der Waals surface area contributed by atoms with E-state index in [1.807, 2.05) is 32.0 Å². The number of benzene rings is 2. The molecule has 4 rings (SSSR count). The Morgan fingerprint density at radius 2 is 1.93 bits per heavy atom. The second-order valence-electron chi connectivity index (χ2n) is 7.07. The van der Waals surface area contributed by atoms with Crippen LogP contribution in [0.2, 0.25) is 0 Å². The van der Waals surface area contributed by atoms with E-state index in [1.54, 1.807) is 24.3 Å². The number of Topliss-reactive ketones (excluding diaryl/α,β-unsaturated/α-hetero) is 1. The predicted octanol–water partition coefficient (Wildman–Crippen LogP) is 3.65. The first-order chi connectivity index (χ1) is 14.5. The van der Waals surface area contributed by atoms with E-state index < -0.39 is 17.7 Å². The van der Waals surface area contributed by atoms with E-state index in [1.165, 1.54) is 4.90 Å². The lowest BCUT2D eigenvalue weighted by Crippen LogP contribution is -2.30. The maximum absolute atomic E-state index is 12.9. The monoisotopic (exact) mass is 409 g/mol. The van der Waals surface area contributed by atoms with Gasteiger partial charge in [0, 0.05) is 12.1 Å². The fraction of sp³-hybridized carbons (Fsp3) is 0.304. The summed E-state index contributed by atoms with van der Waals surface area (Å²) in [5.41, 5.74) is 1.15. The Bertz CT molecular complexity index is 1030. The number of aliphatic hydroxyl groups is 1. The number of ketones is 1. The molecule has 1 unspecified atom stereocenters. The fourth-order valence-corrected chi connectivity index (χ4v) is 3.84. The van der Waals surface area contributed by atoms with Crippen LogP contribution in [0.15, 0.2) is 48.0 Å². The first-order valence-corrected chi connectivity index (χ1v) is 9.96. The van der Waals surface area contributed by atoms with Gasteiger partial charge in [0.2, 0.25) is 6.79 Å². The number of rotatable bonds is 6. The lowest BCUT2D eigenvalue weighted by atomic mass is 9.95. The molecule has 1 N–H and O–H groups in total. The minimum absolute atomic E-state index is 0.0564. The molecule has 1 fully saturated rings. The summed E-state index contributed by atoms with van der Waals surface area (Å²) in [6.07, 6.45) is 0.679. The Labute approximate surface area is 174 Å². The van der Waals surface area contributed by atoms with Crippen LogP contribution in [-0.2, 0) is 9.59 Å². The molecule has 156 valence electrons. The molecule has 0 bridgehead atoms. The van der Waals surface area contributed by atoms with E-state index in [0.717, 1.165) is 0 Å². The Kier molecular flexibility index (Phi) is 5.35. The predicted molar refractivity (Wildman–Crippen MR) is 109 cm³/mol. The Morgan fingerprint density at radius 3 is 2.70 bits per heavy atom. The number of fused-ring (bicyclic) bond motifs is 1. The van der Waals surface area contributed by atoms with Gasteiger partial charge >= 0.3 is 0 Å². The van der Waals surface area contributed by atoms with Crippen molar-refractivity contribution in [2.24, 2.45) is 0 Å². The second-order valence-corrected chi connectivity index (χ2v) is 7.07. The average Bonchev–Trinajstić information content (AvgIpc) is 3.32. The summed E-state index contributed by atoms with van der Waals surface area (Å²) >= 11 is 0. The SMILES string of the molecule is CCCN1C(=O)C(=O)/C(=C(\O)c2ccc3c(c2)OCO3)C1c1cccc(OCC)c1. The number of likely N-dealkylation sites (tertiary alicyclic amines) is 1.